The fraction of sp³-hybridized carbons (Fsp3) is 0.462. The molecule has 1 atom stereocenters. The number of aromatic nitrogens is 2. The first-order chi connectivity index (χ1) is 8.63. The lowest BCUT2D eigenvalue weighted by molar-refractivity contribution is 0.548. The standard InChI is InChI=1S/C13H18BrN3S/c1-4-11-13(14)12(17(3)16-11)7-15-9(2)10-5-6-18-8-10/h5-6,8-9,15H,4,7H2,1-3H3. The van der Waals surface area contributed by atoms with Gasteiger partial charge in [0.05, 0.1) is 15.9 Å². The third-order valence-electron chi connectivity index (χ3n) is 3.12. The van der Waals surface area contributed by atoms with Crippen LogP contribution in [0.2, 0.25) is 0 Å². The maximum Gasteiger partial charge on any atom is 0.0767 e. The SMILES string of the molecule is CCc1nn(C)c(CNC(C)c2ccsc2)c1Br. The summed E-state index contributed by atoms with van der Waals surface area (Å²) >= 11 is 5.38. The molecular weight excluding hydrogens is 310 g/mol. The maximum atomic E-state index is 4.50. The molecule has 0 saturated heterocycles. The molecule has 0 aliphatic heterocycles. The van der Waals surface area contributed by atoms with Crippen LogP contribution in [0, 0.1) is 0 Å². The Hall–Kier alpha value is -0.650. The molecule has 1 N–H and O–H groups in total. The highest BCUT2D eigenvalue weighted by Gasteiger charge is 2.13. The van der Waals surface area contributed by atoms with Gasteiger partial charge in [-0.15, -0.1) is 0 Å². The predicted octanol–water partition coefficient (Wildman–Crippen LogP) is 3.66. The summed E-state index contributed by atoms with van der Waals surface area (Å²) in [6, 6.07) is 2.53. The van der Waals surface area contributed by atoms with Crippen LogP contribution in [0.15, 0.2) is 21.3 Å². The molecule has 0 saturated carbocycles. The van der Waals surface area contributed by atoms with Gasteiger partial charge in [0.1, 0.15) is 0 Å². The third kappa shape index (κ3) is 2.84. The molecule has 0 spiro atoms. The first kappa shape index (κ1) is 13.8. The summed E-state index contributed by atoms with van der Waals surface area (Å²) in [6.07, 6.45) is 0.953. The minimum atomic E-state index is 0.364. The van der Waals surface area contributed by atoms with Crippen LogP contribution in [0.4, 0.5) is 0 Å². The number of thiophene rings is 1. The largest absolute Gasteiger partial charge is 0.305 e. The molecule has 18 heavy (non-hydrogen) atoms. The highest BCUT2D eigenvalue weighted by molar-refractivity contribution is 9.10. The number of hydrogen-bond donors (Lipinski definition) is 1. The summed E-state index contributed by atoms with van der Waals surface area (Å²) < 4.78 is 3.09. The van der Waals surface area contributed by atoms with Crippen molar-refractivity contribution in [3.8, 4) is 0 Å². The van der Waals surface area contributed by atoms with E-state index in [-0.39, 0.29) is 0 Å². The summed E-state index contributed by atoms with van der Waals surface area (Å²) in [5.74, 6) is 0. The smallest absolute Gasteiger partial charge is 0.0767 e. The summed E-state index contributed by atoms with van der Waals surface area (Å²) in [6.45, 7) is 5.13. The molecule has 0 fully saturated rings. The fourth-order valence-electron chi connectivity index (χ4n) is 1.90. The van der Waals surface area contributed by atoms with E-state index in [9.17, 15) is 0 Å². The van der Waals surface area contributed by atoms with Gasteiger partial charge in [0.25, 0.3) is 0 Å². The van der Waals surface area contributed by atoms with Crippen molar-refractivity contribution in [2.24, 2.45) is 7.05 Å². The normalized spacial score (nSPS) is 12.9. The van der Waals surface area contributed by atoms with E-state index in [1.165, 1.54) is 11.3 Å². The molecule has 0 aliphatic carbocycles. The van der Waals surface area contributed by atoms with Crippen LogP contribution in [0.25, 0.3) is 0 Å². The van der Waals surface area contributed by atoms with Crippen LogP contribution in [0.1, 0.15) is 36.8 Å². The van der Waals surface area contributed by atoms with E-state index in [0.29, 0.717) is 6.04 Å². The van der Waals surface area contributed by atoms with Crippen molar-refractivity contribution in [1.82, 2.24) is 15.1 Å². The van der Waals surface area contributed by atoms with E-state index in [1.54, 1.807) is 11.3 Å². The lowest BCUT2D eigenvalue weighted by Crippen LogP contribution is -2.19. The molecule has 0 aliphatic rings. The van der Waals surface area contributed by atoms with E-state index in [1.807, 2.05) is 11.7 Å². The Morgan fingerprint density at radius 1 is 1.56 bits per heavy atom. The number of rotatable bonds is 5. The van der Waals surface area contributed by atoms with Gasteiger partial charge in [-0.25, -0.2) is 0 Å². The highest BCUT2D eigenvalue weighted by Crippen LogP contribution is 2.22. The van der Waals surface area contributed by atoms with E-state index in [0.717, 1.165) is 23.1 Å². The van der Waals surface area contributed by atoms with Gasteiger partial charge < -0.3 is 5.32 Å². The van der Waals surface area contributed by atoms with Gasteiger partial charge in [0.2, 0.25) is 0 Å². The maximum absolute atomic E-state index is 4.50. The number of nitrogens with one attached hydrogen (secondary N) is 1. The molecule has 0 radical (unpaired) electrons. The third-order valence-corrected chi connectivity index (χ3v) is 4.74. The number of aryl methyl sites for hydroxylation is 2. The Labute approximate surface area is 120 Å². The first-order valence-electron chi connectivity index (χ1n) is 6.09. The zero-order valence-electron chi connectivity index (χ0n) is 10.9. The molecule has 1 unspecified atom stereocenters. The average molecular weight is 328 g/mol. The van der Waals surface area contributed by atoms with Crippen molar-refractivity contribution < 1.29 is 0 Å². The zero-order chi connectivity index (χ0) is 13.1. The molecule has 5 heteroatoms. The Balaban J connectivity index is 2.04. The first-order valence-corrected chi connectivity index (χ1v) is 7.82. The van der Waals surface area contributed by atoms with E-state index >= 15 is 0 Å². The second kappa shape index (κ2) is 5.99. The minimum Gasteiger partial charge on any atom is -0.305 e. The van der Waals surface area contributed by atoms with Crippen molar-refractivity contribution >= 4 is 27.3 Å². The summed E-state index contributed by atoms with van der Waals surface area (Å²) in [4.78, 5) is 0. The topological polar surface area (TPSA) is 29.9 Å². The van der Waals surface area contributed by atoms with Crippen molar-refractivity contribution in [3.05, 3.63) is 38.3 Å². The molecule has 2 rings (SSSR count). The van der Waals surface area contributed by atoms with Crippen LogP contribution >= 0.6 is 27.3 Å². The van der Waals surface area contributed by atoms with Crippen molar-refractivity contribution in [1.29, 1.82) is 0 Å². The molecule has 0 bridgehead atoms. The van der Waals surface area contributed by atoms with Crippen molar-refractivity contribution in [2.45, 2.75) is 32.9 Å². The molecule has 2 aromatic rings. The van der Waals surface area contributed by atoms with Crippen LogP contribution in [0.3, 0.4) is 0 Å². The summed E-state index contributed by atoms with van der Waals surface area (Å²) in [7, 11) is 2.00. The molecule has 0 aromatic carbocycles. The lowest BCUT2D eigenvalue weighted by Gasteiger charge is -2.12. The number of nitrogens with zero attached hydrogens (tertiary/aromatic N) is 2. The quantitative estimate of drug-likeness (QED) is 0.908. The van der Waals surface area contributed by atoms with Crippen LogP contribution in [0.5, 0.6) is 0 Å². The van der Waals surface area contributed by atoms with Gasteiger partial charge in [-0.2, -0.15) is 16.4 Å². The van der Waals surface area contributed by atoms with Gasteiger partial charge in [-0.05, 0) is 51.7 Å². The average Bonchev–Trinajstić information content (AvgIpc) is 2.96. The Morgan fingerprint density at radius 3 is 2.89 bits per heavy atom. The molecule has 3 nitrogen and oxygen atoms in total. The Morgan fingerprint density at radius 2 is 2.33 bits per heavy atom. The molecule has 0 amide bonds. The van der Waals surface area contributed by atoms with Crippen molar-refractivity contribution in [3.63, 3.8) is 0 Å². The van der Waals surface area contributed by atoms with Gasteiger partial charge >= 0.3 is 0 Å². The van der Waals surface area contributed by atoms with Gasteiger partial charge in [-0.3, -0.25) is 4.68 Å². The van der Waals surface area contributed by atoms with Crippen LogP contribution in [-0.2, 0) is 20.0 Å². The second-order valence-corrected chi connectivity index (χ2v) is 5.92. The van der Waals surface area contributed by atoms with Crippen LogP contribution in [-0.4, -0.2) is 9.78 Å². The van der Waals surface area contributed by atoms with E-state index < -0.39 is 0 Å². The minimum absolute atomic E-state index is 0.364. The van der Waals surface area contributed by atoms with E-state index in [2.05, 4.69) is 57.0 Å². The number of halogens is 1. The molecular formula is C13H18BrN3S. The molecule has 2 heterocycles. The summed E-state index contributed by atoms with van der Waals surface area (Å²) in [5, 5.41) is 12.3. The van der Waals surface area contributed by atoms with E-state index in [4.69, 9.17) is 0 Å². The van der Waals surface area contributed by atoms with Crippen LogP contribution < -0.4 is 5.32 Å². The zero-order valence-corrected chi connectivity index (χ0v) is 13.3. The fourth-order valence-corrected chi connectivity index (χ4v) is 3.41. The monoisotopic (exact) mass is 327 g/mol. The van der Waals surface area contributed by atoms with Crippen molar-refractivity contribution in [2.75, 3.05) is 0 Å². The lowest BCUT2D eigenvalue weighted by atomic mass is 10.2. The predicted molar refractivity (Wildman–Crippen MR) is 79.9 cm³/mol. The van der Waals surface area contributed by atoms with Gasteiger partial charge in [-0.1, -0.05) is 6.92 Å². The Kier molecular flexibility index (Phi) is 4.59. The summed E-state index contributed by atoms with van der Waals surface area (Å²) in [5.41, 5.74) is 3.67. The molecule has 98 valence electrons. The van der Waals surface area contributed by atoms with Gasteiger partial charge in [0.15, 0.2) is 0 Å². The number of hydrogen-bond acceptors (Lipinski definition) is 3. The highest BCUT2D eigenvalue weighted by atomic mass is 79.9. The van der Waals surface area contributed by atoms with Gasteiger partial charge in [0, 0.05) is 19.6 Å². The molecule has 2 aromatic heterocycles. The Bertz CT molecular complexity index is 505. The second-order valence-electron chi connectivity index (χ2n) is 4.34.